The highest BCUT2D eigenvalue weighted by molar-refractivity contribution is 7.83. The molecule has 5 aromatic carbocycles. The van der Waals surface area contributed by atoms with Crippen LogP contribution in [0.15, 0.2) is 119 Å². The normalized spacial score (nSPS) is 12.1. The summed E-state index contributed by atoms with van der Waals surface area (Å²) in [6.45, 7) is 0.484. The number of para-hydroxylation sites is 1. The minimum atomic E-state index is -1.73. The van der Waals surface area contributed by atoms with Gasteiger partial charge in [0, 0.05) is 16.3 Å². The number of furan rings is 1. The first kappa shape index (κ1) is 23.9. The number of hydrogen-bond acceptors (Lipinski definition) is 4. The van der Waals surface area contributed by atoms with Gasteiger partial charge in [0.15, 0.2) is 16.7 Å². The van der Waals surface area contributed by atoms with Crippen molar-refractivity contribution < 1.29 is 18.2 Å². The SMILES string of the molecule is O=C(NS(=O)c1ccc2ccccc2c1)c1oc2ccccc2c1CCCOc1cccc2ccccc12. The molecule has 0 aliphatic carbocycles. The smallest absolute Gasteiger partial charge is 0.299 e. The maximum absolute atomic E-state index is 13.3. The van der Waals surface area contributed by atoms with Crippen molar-refractivity contribution >= 4 is 49.4 Å². The van der Waals surface area contributed by atoms with Crippen molar-refractivity contribution in [2.45, 2.75) is 17.7 Å². The van der Waals surface area contributed by atoms with Gasteiger partial charge in [-0.3, -0.25) is 9.52 Å². The van der Waals surface area contributed by atoms with E-state index in [1.54, 1.807) is 6.07 Å². The fourth-order valence-electron chi connectivity index (χ4n) is 4.76. The summed E-state index contributed by atoms with van der Waals surface area (Å²) >= 11 is 0. The van der Waals surface area contributed by atoms with Crippen molar-refractivity contribution in [2.24, 2.45) is 0 Å². The maximum atomic E-state index is 13.3. The van der Waals surface area contributed by atoms with Crippen molar-refractivity contribution in [1.29, 1.82) is 0 Å². The van der Waals surface area contributed by atoms with Crippen LogP contribution >= 0.6 is 0 Å². The molecule has 6 heteroatoms. The van der Waals surface area contributed by atoms with Gasteiger partial charge in [-0.05, 0) is 53.3 Å². The summed E-state index contributed by atoms with van der Waals surface area (Å²) in [5, 5.41) is 5.08. The third-order valence-electron chi connectivity index (χ3n) is 6.60. The molecule has 1 unspecified atom stereocenters. The van der Waals surface area contributed by atoms with Crippen molar-refractivity contribution in [1.82, 2.24) is 4.72 Å². The Balaban J connectivity index is 1.19. The van der Waals surface area contributed by atoms with Gasteiger partial charge in [0.05, 0.1) is 11.5 Å². The summed E-state index contributed by atoms with van der Waals surface area (Å²) in [5.41, 5.74) is 1.41. The van der Waals surface area contributed by atoms with Crippen LogP contribution in [0.4, 0.5) is 0 Å². The number of carbonyl (C=O) groups excluding carboxylic acids is 1. The standard InChI is InChI=1S/C32H25NO4S/c34-32(33-38(35)25-19-18-22-9-1-2-11-24(22)21-25)31-28(27-14-5-6-16-30(27)37-31)15-8-20-36-29-17-7-12-23-10-3-4-13-26(23)29/h1-7,9-14,16-19,21H,8,15,20H2,(H,33,34). The van der Waals surface area contributed by atoms with Crippen molar-refractivity contribution in [3.8, 4) is 5.75 Å². The lowest BCUT2D eigenvalue weighted by Crippen LogP contribution is -2.26. The number of fused-ring (bicyclic) bond motifs is 3. The van der Waals surface area contributed by atoms with E-state index in [1.807, 2.05) is 91.0 Å². The summed E-state index contributed by atoms with van der Waals surface area (Å²) in [6.07, 6.45) is 1.26. The summed E-state index contributed by atoms with van der Waals surface area (Å²) in [7, 11) is -1.73. The molecule has 1 aromatic heterocycles. The minimum absolute atomic E-state index is 0.186. The van der Waals surface area contributed by atoms with Crippen LogP contribution in [0.25, 0.3) is 32.5 Å². The molecule has 38 heavy (non-hydrogen) atoms. The number of benzene rings is 5. The average Bonchev–Trinajstić information content (AvgIpc) is 3.34. The molecule has 0 aliphatic heterocycles. The maximum Gasteiger partial charge on any atom is 0.299 e. The number of ether oxygens (including phenoxy) is 1. The van der Waals surface area contributed by atoms with Gasteiger partial charge in [0.25, 0.3) is 5.91 Å². The summed E-state index contributed by atoms with van der Waals surface area (Å²) in [4.78, 5) is 13.8. The van der Waals surface area contributed by atoms with Crippen molar-refractivity contribution in [2.75, 3.05) is 6.61 Å². The van der Waals surface area contributed by atoms with Crippen LogP contribution in [0.1, 0.15) is 22.5 Å². The highest BCUT2D eigenvalue weighted by Gasteiger charge is 2.22. The van der Waals surface area contributed by atoms with E-state index < -0.39 is 16.9 Å². The second kappa shape index (κ2) is 10.5. The molecule has 6 aromatic rings. The first-order chi connectivity index (χ1) is 18.7. The zero-order chi connectivity index (χ0) is 25.9. The second-order valence-electron chi connectivity index (χ2n) is 9.04. The fraction of sp³-hybridized carbons (Fsp3) is 0.0938. The Bertz CT molecular complexity index is 1800. The minimum Gasteiger partial charge on any atom is -0.493 e. The Morgan fingerprint density at radius 2 is 1.47 bits per heavy atom. The first-order valence-corrected chi connectivity index (χ1v) is 13.6. The van der Waals surface area contributed by atoms with Crippen LogP contribution in [0, 0.1) is 0 Å². The molecule has 1 amide bonds. The molecule has 6 rings (SSSR count). The van der Waals surface area contributed by atoms with E-state index in [0.717, 1.165) is 38.2 Å². The lowest BCUT2D eigenvalue weighted by molar-refractivity contribution is 0.0956. The number of nitrogens with one attached hydrogen (secondary N) is 1. The van der Waals surface area contributed by atoms with Gasteiger partial charge in [-0.15, -0.1) is 0 Å². The Hall–Kier alpha value is -4.42. The highest BCUT2D eigenvalue weighted by atomic mass is 32.2. The molecule has 1 heterocycles. The van der Waals surface area contributed by atoms with Crippen LogP contribution < -0.4 is 9.46 Å². The Morgan fingerprint density at radius 1 is 0.763 bits per heavy atom. The zero-order valence-electron chi connectivity index (χ0n) is 20.6. The van der Waals surface area contributed by atoms with Crippen LogP contribution in [-0.2, 0) is 17.4 Å². The number of amides is 1. The van der Waals surface area contributed by atoms with E-state index in [1.165, 1.54) is 0 Å². The van der Waals surface area contributed by atoms with Crippen molar-refractivity contribution in [3.05, 3.63) is 121 Å². The monoisotopic (exact) mass is 519 g/mol. The predicted octanol–water partition coefficient (Wildman–Crippen LogP) is 7.20. The molecule has 0 spiro atoms. The molecule has 0 bridgehead atoms. The molecule has 188 valence electrons. The van der Waals surface area contributed by atoms with E-state index in [-0.39, 0.29) is 5.76 Å². The van der Waals surface area contributed by atoms with Crippen LogP contribution in [-0.4, -0.2) is 16.7 Å². The summed E-state index contributed by atoms with van der Waals surface area (Å²) in [5.74, 6) is 0.520. The van der Waals surface area contributed by atoms with E-state index in [0.29, 0.717) is 29.9 Å². The molecular weight excluding hydrogens is 494 g/mol. The van der Waals surface area contributed by atoms with Gasteiger partial charge in [0.1, 0.15) is 11.3 Å². The lowest BCUT2D eigenvalue weighted by Gasteiger charge is -2.10. The molecular formula is C32H25NO4S. The molecule has 0 fully saturated rings. The van der Waals surface area contributed by atoms with Crippen LogP contribution in [0.5, 0.6) is 5.75 Å². The molecule has 1 N–H and O–H groups in total. The molecule has 1 atom stereocenters. The van der Waals surface area contributed by atoms with Gasteiger partial charge >= 0.3 is 0 Å². The largest absolute Gasteiger partial charge is 0.493 e. The lowest BCUT2D eigenvalue weighted by atomic mass is 10.1. The number of aryl methyl sites for hydroxylation is 1. The third kappa shape index (κ3) is 4.78. The molecule has 0 aliphatic rings. The molecule has 5 nitrogen and oxygen atoms in total. The molecule has 0 radical (unpaired) electrons. The Morgan fingerprint density at radius 3 is 2.34 bits per heavy atom. The second-order valence-corrected chi connectivity index (χ2v) is 10.3. The predicted molar refractivity (Wildman–Crippen MR) is 152 cm³/mol. The number of carbonyl (C=O) groups is 1. The van der Waals surface area contributed by atoms with E-state index >= 15 is 0 Å². The molecule has 0 saturated carbocycles. The van der Waals surface area contributed by atoms with Gasteiger partial charge in [0.2, 0.25) is 0 Å². The van der Waals surface area contributed by atoms with Crippen molar-refractivity contribution in [3.63, 3.8) is 0 Å². The third-order valence-corrected chi connectivity index (χ3v) is 7.66. The Labute approximate surface area is 222 Å². The van der Waals surface area contributed by atoms with E-state index in [9.17, 15) is 9.00 Å². The molecule has 0 saturated heterocycles. The van der Waals surface area contributed by atoms with Gasteiger partial charge in [-0.1, -0.05) is 84.9 Å². The quantitative estimate of drug-likeness (QED) is 0.216. The summed E-state index contributed by atoms with van der Waals surface area (Å²) in [6, 6.07) is 35.0. The number of rotatable bonds is 8. The zero-order valence-corrected chi connectivity index (χ0v) is 21.4. The Kier molecular flexibility index (Phi) is 6.63. The van der Waals surface area contributed by atoms with Gasteiger partial charge < -0.3 is 9.15 Å². The van der Waals surface area contributed by atoms with E-state index in [4.69, 9.17) is 9.15 Å². The average molecular weight is 520 g/mol. The first-order valence-electron chi connectivity index (χ1n) is 12.5. The topological polar surface area (TPSA) is 68.5 Å². The summed E-state index contributed by atoms with van der Waals surface area (Å²) < 4.78 is 27.7. The van der Waals surface area contributed by atoms with Gasteiger partial charge in [-0.25, -0.2) is 4.21 Å². The van der Waals surface area contributed by atoms with Crippen LogP contribution in [0.2, 0.25) is 0 Å². The highest BCUT2D eigenvalue weighted by Crippen LogP contribution is 2.29. The van der Waals surface area contributed by atoms with Gasteiger partial charge in [-0.2, -0.15) is 0 Å². The number of hydrogen-bond donors (Lipinski definition) is 1. The van der Waals surface area contributed by atoms with Crippen LogP contribution in [0.3, 0.4) is 0 Å². The van der Waals surface area contributed by atoms with E-state index in [2.05, 4.69) is 16.9 Å². The fourth-order valence-corrected chi connectivity index (χ4v) is 5.56.